The zero-order valence-electron chi connectivity index (χ0n) is 17.8. The largest absolute Gasteiger partial charge is 0.460 e. The molecule has 0 aliphatic carbocycles. The van der Waals surface area contributed by atoms with E-state index in [1.165, 1.54) is 0 Å². The molecule has 1 atom stereocenters. The highest BCUT2D eigenvalue weighted by Crippen LogP contribution is 2.38. The standard InChI is InChI=1S/C25H19BrN2O6/c26-18-10-16(22-17(11-18)14-33-25(34-22)15-6-2-1-3-7-15)13-32-21(29)12-28-24(31)20-9-5-4-8-19(20)23(30)27-28/h1-11,25H,12-14H2,(H,27,30)/t25-/m1/s1. The van der Waals surface area contributed by atoms with Gasteiger partial charge in [-0.05, 0) is 24.3 Å². The highest BCUT2D eigenvalue weighted by molar-refractivity contribution is 9.10. The predicted molar refractivity (Wildman–Crippen MR) is 127 cm³/mol. The van der Waals surface area contributed by atoms with E-state index in [4.69, 9.17) is 14.2 Å². The number of aromatic amines is 1. The van der Waals surface area contributed by atoms with E-state index in [-0.39, 0.29) is 17.4 Å². The van der Waals surface area contributed by atoms with Gasteiger partial charge in [0.25, 0.3) is 11.1 Å². The molecule has 0 unspecified atom stereocenters. The third-order valence-corrected chi connectivity index (χ3v) is 5.91. The maximum atomic E-state index is 12.6. The lowest BCUT2D eigenvalue weighted by molar-refractivity contribution is -0.146. The van der Waals surface area contributed by atoms with Crippen molar-refractivity contribution in [3.8, 4) is 5.75 Å². The highest BCUT2D eigenvalue weighted by atomic mass is 79.9. The van der Waals surface area contributed by atoms with Crippen LogP contribution in [0.5, 0.6) is 5.75 Å². The average Bonchev–Trinajstić information content (AvgIpc) is 2.86. The van der Waals surface area contributed by atoms with Gasteiger partial charge in [0.1, 0.15) is 18.9 Å². The van der Waals surface area contributed by atoms with Crippen LogP contribution in [0, 0.1) is 0 Å². The van der Waals surface area contributed by atoms with Crippen LogP contribution in [-0.2, 0) is 34.0 Å². The molecule has 9 heteroatoms. The number of rotatable bonds is 5. The van der Waals surface area contributed by atoms with Crippen molar-refractivity contribution in [3.63, 3.8) is 0 Å². The van der Waals surface area contributed by atoms with Crippen molar-refractivity contribution in [2.75, 3.05) is 0 Å². The van der Waals surface area contributed by atoms with Crippen LogP contribution in [0.3, 0.4) is 0 Å². The van der Waals surface area contributed by atoms with E-state index in [9.17, 15) is 14.4 Å². The molecule has 1 aromatic heterocycles. The number of aromatic nitrogens is 2. The van der Waals surface area contributed by atoms with Gasteiger partial charge in [-0.1, -0.05) is 58.4 Å². The number of H-pyrrole nitrogens is 1. The first-order valence-corrected chi connectivity index (χ1v) is 11.3. The number of carbonyl (C=O) groups excluding carboxylic acids is 1. The Kier molecular flexibility index (Phi) is 6.04. The molecule has 0 radical (unpaired) electrons. The Balaban J connectivity index is 1.34. The molecule has 0 amide bonds. The average molecular weight is 523 g/mol. The van der Waals surface area contributed by atoms with Crippen molar-refractivity contribution in [2.45, 2.75) is 26.0 Å². The second-order valence-corrected chi connectivity index (χ2v) is 8.68. The highest BCUT2D eigenvalue weighted by Gasteiger charge is 2.25. The predicted octanol–water partition coefficient (Wildman–Crippen LogP) is 3.80. The summed E-state index contributed by atoms with van der Waals surface area (Å²) in [5.74, 6) is -0.0826. The molecule has 0 fully saturated rings. The summed E-state index contributed by atoms with van der Waals surface area (Å²) in [6.07, 6.45) is -0.578. The Bertz CT molecular complexity index is 1500. The van der Waals surface area contributed by atoms with E-state index in [1.54, 1.807) is 24.3 Å². The maximum absolute atomic E-state index is 12.6. The van der Waals surface area contributed by atoms with Gasteiger partial charge in [0.2, 0.25) is 6.29 Å². The monoisotopic (exact) mass is 522 g/mol. The second kappa shape index (κ2) is 9.28. The molecule has 0 saturated carbocycles. The van der Waals surface area contributed by atoms with E-state index in [2.05, 4.69) is 21.0 Å². The van der Waals surface area contributed by atoms with Gasteiger partial charge in [0, 0.05) is 21.2 Å². The fourth-order valence-electron chi connectivity index (χ4n) is 3.85. The molecule has 5 rings (SSSR count). The molecule has 1 aliphatic rings. The van der Waals surface area contributed by atoms with Crippen LogP contribution in [0.25, 0.3) is 10.8 Å². The van der Waals surface area contributed by atoms with E-state index in [0.29, 0.717) is 17.9 Å². The number of fused-ring (bicyclic) bond motifs is 2. The first-order chi connectivity index (χ1) is 16.5. The van der Waals surface area contributed by atoms with Gasteiger partial charge in [-0.2, -0.15) is 0 Å². The van der Waals surface area contributed by atoms with E-state index < -0.39 is 29.9 Å². The van der Waals surface area contributed by atoms with Gasteiger partial charge in [0.05, 0.1) is 17.4 Å². The van der Waals surface area contributed by atoms with E-state index in [1.807, 2.05) is 42.5 Å². The smallest absolute Gasteiger partial charge is 0.328 e. The number of hydrogen-bond acceptors (Lipinski definition) is 6. The Labute approximate surface area is 201 Å². The summed E-state index contributed by atoms with van der Waals surface area (Å²) in [5, 5.41) is 2.93. The summed E-state index contributed by atoms with van der Waals surface area (Å²) in [4.78, 5) is 37.4. The Morgan fingerprint density at radius 3 is 2.59 bits per heavy atom. The number of esters is 1. The summed E-state index contributed by atoms with van der Waals surface area (Å²) in [5.41, 5.74) is 1.42. The number of nitrogens with zero attached hydrogens (tertiary/aromatic N) is 1. The van der Waals surface area contributed by atoms with Crippen molar-refractivity contribution in [1.82, 2.24) is 9.78 Å². The zero-order valence-corrected chi connectivity index (χ0v) is 19.4. The maximum Gasteiger partial charge on any atom is 0.328 e. The molecule has 1 N–H and O–H groups in total. The Morgan fingerprint density at radius 1 is 1.06 bits per heavy atom. The molecule has 34 heavy (non-hydrogen) atoms. The minimum Gasteiger partial charge on any atom is -0.460 e. The molecule has 3 aromatic carbocycles. The van der Waals surface area contributed by atoms with Crippen LogP contribution in [0.4, 0.5) is 0 Å². The number of nitrogens with one attached hydrogen (secondary N) is 1. The number of benzene rings is 3. The Hall–Kier alpha value is -3.69. The minimum atomic E-state index is -0.673. The van der Waals surface area contributed by atoms with Crippen molar-refractivity contribution in [2.24, 2.45) is 0 Å². The Morgan fingerprint density at radius 2 is 1.79 bits per heavy atom. The zero-order chi connectivity index (χ0) is 23.7. The van der Waals surface area contributed by atoms with Crippen molar-refractivity contribution < 1.29 is 19.0 Å². The van der Waals surface area contributed by atoms with E-state index in [0.717, 1.165) is 20.3 Å². The molecular formula is C25H19BrN2O6. The molecule has 0 saturated heterocycles. The van der Waals surface area contributed by atoms with Gasteiger partial charge in [-0.3, -0.25) is 19.5 Å². The van der Waals surface area contributed by atoms with Crippen LogP contribution in [0.2, 0.25) is 0 Å². The first-order valence-electron chi connectivity index (χ1n) is 10.5. The summed E-state index contributed by atoms with van der Waals surface area (Å²) in [6, 6.07) is 19.7. The fraction of sp³-hybridized carbons (Fsp3) is 0.160. The SMILES string of the molecule is O=C(Cn1[nH]c(=O)c2ccccc2c1=O)OCc1cc(Br)cc2c1O[C@H](c1ccccc1)OC2. The van der Waals surface area contributed by atoms with Gasteiger partial charge >= 0.3 is 5.97 Å². The normalized spacial score (nSPS) is 14.9. The van der Waals surface area contributed by atoms with Crippen LogP contribution < -0.4 is 15.9 Å². The molecule has 0 bridgehead atoms. The topological polar surface area (TPSA) is 99.6 Å². The summed E-state index contributed by atoms with van der Waals surface area (Å²) in [7, 11) is 0. The molecule has 0 spiro atoms. The number of hydrogen-bond donors (Lipinski definition) is 1. The third-order valence-electron chi connectivity index (χ3n) is 5.45. The molecule has 8 nitrogen and oxygen atoms in total. The molecule has 4 aromatic rings. The quantitative estimate of drug-likeness (QED) is 0.400. The van der Waals surface area contributed by atoms with Crippen LogP contribution >= 0.6 is 15.9 Å². The summed E-state index contributed by atoms with van der Waals surface area (Å²) in [6.45, 7) is -0.163. The fourth-order valence-corrected chi connectivity index (χ4v) is 4.40. The molecular weight excluding hydrogens is 504 g/mol. The molecule has 172 valence electrons. The van der Waals surface area contributed by atoms with Crippen molar-refractivity contribution >= 4 is 32.7 Å². The lowest BCUT2D eigenvalue weighted by atomic mass is 10.1. The van der Waals surface area contributed by atoms with Crippen LogP contribution in [-0.4, -0.2) is 15.7 Å². The van der Waals surface area contributed by atoms with Crippen molar-refractivity contribution in [3.05, 3.63) is 109 Å². The number of halogens is 1. The van der Waals surface area contributed by atoms with Crippen LogP contribution in [0.15, 0.2) is 80.8 Å². The van der Waals surface area contributed by atoms with Gasteiger partial charge in [-0.15, -0.1) is 0 Å². The molecule has 2 heterocycles. The lowest BCUT2D eigenvalue weighted by Crippen LogP contribution is -2.32. The van der Waals surface area contributed by atoms with Crippen molar-refractivity contribution in [1.29, 1.82) is 0 Å². The number of carbonyl (C=O) groups is 1. The number of ether oxygens (including phenoxy) is 3. The second-order valence-electron chi connectivity index (χ2n) is 7.76. The van der Waals surface area contributed by atoms with Gasteiger partial charge in [-0.25, -0.2) is 4.68 Å². The van der Waals surface area contributed by atoms with Gasteiger partial charge in [0.15, 0.2) is 0 Å². The van der Waals surface area contributed by atoms with Gasteiger partial charge < -0.3 is 14.2 Å². The van der Waals surface area contributed by atoms with E-state index >= 15 is 0 Å². The lowest BCUT2D eigenvalue weighted by Gasteiger charge is -2.28. The summed E-state index contributed by atoms with van der Waals surface area (Å²) < 4.78 is 19.1. The third kappa shape index (κ3) is 4.40. The molecule has 1 aliphatic heterocycles. The summed E-state index contributed by atoms with van der Waals surface area (Å²) >= 11 is 3.47. The minimum absolute atomic E-state index is 0.0747. The first kappa shape index (κ1) is 22.1. The van der Waals surface area contributed by atoms with Crippen LogP contribution in [0.1, 0.15) is 23.0 Å².